The Kier molecular flexibility index (Phi) is 6.93. The number of hydrogen-bond donors (Lipinski definition) is 0. The van der Waals surface area contributed by atoms with Crippen molar-refractivity contribution in [3.63, 3.8) is 0 Å². The minimum Gasteiger partial charge on any atom is -0.456 e. The Balaban J connectivity index is 1.08. The molecule has 3 nitrogen and oxygen atoms in total. The van der Waals surface area contributed by atoms with Gasteiger partial charge in [0, 0.05) is 32.9 Å². The SMILES string of the molecule is c1ccc2cc(N(c3ccc4ccccc4c3)c3cccc4oc5c6ccccc6c(-c6ccc(-c7cccc8oc9ccccc9c78)cc6)cc5c34)ccc2c1. The highest BCUT2D eigenvalue weighted by Crippen LogP contribution is 2.47. The van der Waals surface area contributed by atoms with Gasteiger partial charge in [0.25, 0.3) is 0 Å². The average molecular weight is 728 g/mol. The molecule has 0 aliphatic rings. The number of furan rings is 2. The normalized spacial score (nSPS) is 11.9. The van der Waals surface area contributed by atoms with Gasteiger partial charge in [0.15, 0.2) is 0 Å². The number of nitrogens with zero attached hydrogens (tertiary/aromatic N) is 1. The first kappa shape index (κ1) is 31.7. The molecule has 0 unspecified atom stereocenters. The molecule has 266 valence electrons. The Hall–Kier alpha value is -7.62. The van der Waals surface area contributed by atoms with E-state index in [4.69, 9.17) is 8.83 Å². The van der Waals surface area contributed by atoms with Crippen LogP contribution in [0.4, 0.5) is 17.1 Å². The molecule has 0 N–H and O–H groups in total. The van der Waals surface area contributed by atoms with Crippen molar-refractivity contribution >= 4 is 93.3 Å². The van der Waals surface area contributed by atoms with Crippen LogP contribution in [0.2, 0.25) is 0 Å². The van der Waals surface area contributed by atoms with Crippen molar-refractivity contribution < 1.29 is 8.83 Å². The van der Waals surface area contributed by atoms with E-state index in [1.54, 1.807) is 0 Å². The molecular weight excluding hydrogens is 695 g/mol. The maximum atomic E-state index is 6.87. The zero-order valence-electron chi connectivity index (χ0n) is 30.8. The fourth-order valence-electron chi connectivity index (χ4n) is 8.96. The summed E-state index contributed by atoms with van der Waals surface area (Å²) in [6.07, 6.45) is 0. The zero-order valence-corrected chi connectivity index (χ0v) is 30.8. The molecule has 2 aromatic heterocycles. The van der Waals surface area contributed by atoms with Gasteiger partial charge in [-0.05, 0) is 104 Å². The highest BCUT2D eigenvalue weighted by molar-refractivity contribution is 6.23. The van der Waals surface area contributed by atoms with Gasteiger partial charge in [-0.1, -0.05) is 146 Å². The standard InChI is InChI=1S/C54H33NO2/c1-3-13-38-31-40(29-27-34(38)11-1)55(41-30-28-35-12-2-4-14-39(35)32-41)48-19-10-22-51-53(48)47-33-46(43-15-5-6-16-44(43)54(47)57-51)37-25-23-36(24-26-37)42-18-9-21-50-52(42)45-17-7-8-20-49(45)56-50/h1-33H. The van der Waals surface area contributed by atoms with Crippen molar-refractivity contribution in [2.45, 2.75) is 0 Å². The summed E-state index contributed by atoms with van der Waals surface area (Å²) >= 11 is 0. The molecule has 57 heavy (non-hydrogen) atoms. The first-order valence-electron chi connectivity index (χ1n) is 19.4. The van der Waals surface area contributed by atoms with Crippen molar-refractivity contribution in [3.8, 4) is 22.3 Å². The van der Waals surface area contributed by atoms with Gasteiger partial charge in [0.05, 0.1) is 11.1 Å². The molecule has 0 atom stereocenters. The highest BCUT2D eigenvalue weighted by atomic mass is 16.3. The highest BCUT2D eigenvalue weighted by Gasteiger charge is 2.22. The smallest absolute Gasteiger partial charge is 0.143 e. The summed E-state index contributed by atoms with van der Waals surface area (Å²) in [5.74, 6) is 0. The summed E-state index contributed by atoms with van der Waals surface area (Å²) in [5, 5.41) is 11.5. The number of benzene rings is 10. The van der Waals surface area contributed by atoms with E-state index in [-0.39, 0.29) is 0 Å². The molecule has 12 rings (SSSR count). The van der Waals surface area contributed by atoms with E-state index in [0.29, 0.717) is 0 Å². The van der Waals surface area contributed by atoms with E-state index in [1.165, 1.54) is 21.5 Å². The van der Waals surface area contributed by atoms with E-state index in [2.05, 4.69) is 193 Å². The van der Waals surface area contributed by atoms with Crippen LogP contribution in [0.15, 0.2) is 209 Å². The summed E-state index contributed by atoms with van der Waals surface area (Å²) in [4.78, 5) is 2.39. The Morgan fingerprint density at radius 2 is 0.860 bits per heavy atom. The minimum absolute atomic E-state index is 0.854. The van der Waals surface area contributed by atoms with Crippen LogP contribution >= 0.6 is 0 Å². The van der Waals surface area contributed by atoms with E-state index >= 15 is 0 Å². The molecule has 12 aromatic rings. The number of para-hydroxylation sites is 1. The summed E-state index contributed by atoms with van der Waals surface area (Å²) in [6.45, 7) is 0. The molecule has 0 saturated heterocycles. The van der Waals surface area contributed by atoms with E-state index in [9.17, 15) is 0 Å². The third-order valence-corrected chi connectivity index (χ3v) is 11.6. The average Bonchev–Trinajstić information content (AvgIpc) is 3.86. The number of anilines is 3. The molecule has 0 aliphatic carbocycles. The van der Waals surface area contributed by atoms with Crippen LogP contribution in [-0.2, 0) is 0 Å². The van der Waals surface area contributed by atoms with Gasteiger partial charge in [-0.2, -0.15) is 0 Å². The van der Waals surface area contributed by atoms with Crippen molar-refractivity contribution in [1.82, 2.24) is 0 Å². The molecule has 2 heterocycles. The molecule has 0 amide bonds. The maximum absolute atomic E-state index is 6.87. The Labute approximate surface area is 328 Å². The lowest BCUT2D eigenvalue weighted by molar-refractivity contribution is 0.669. The Bertz CT molecular complexity index is 3460. The quantitative estimate of drug-likeness (QED) is 0.177. The van der Waals surface area contributed by atoms with Crippen LogP contribution in [0.3, 0.4) is 0 Å². The largest absolute Gasteiger partial charge is 0.456 e. The third-order valence-electron chi connectivity index (χ3n) is 11.6. The second-order valence-corrected chi connectivity index (χ2v) is 14.9. The van der Waals surface area contributed by atoms with E-state index in [1.807, 2.05) is 12.1 Å². The van der Waals surface area contributed by atoms with Gasteiger partial charge in [-0.3, -0.25) is 0 Å². The van der Waals surface area contributed by atoms with Gasteiger partial charge >= 0.3 is 0 Å². The molecule has 0 fully saturated rings. The molecule has 0 bridgehead atoms. The van der Waals surface area contributed by atoms with Gasteiger partial charge < -0.3 is 13.7 Å². The lowest BCUT2D eigenvalue weighted by Crippen LogP contribution is -2.10. The van der Waals surface area contributed by atoms with Crippen LogP contribution in [0.1, 0.15) is 0 Å². The van der Waals surface area contributed by atoms with Crippen LogP contribution in [-0.4, -0.2) is 0 Å². The molecule has 3 heteroatoms. The number of fused-ring (bicyclic) bond motifs is 10. The Morgan fingerprint density at radius 3 is 1.56 bits per heavy atom. The first-order valence-corrected chi connectivity index (χ1v) is 19.4. The predicted molar refractivity (Wildman–Crippen MR) is 239 cm³/mol. The van der Waals surface area contributed by atoms with Gasteiger partial charge in [-0.25, -0.2) is 0 Å². The van der Waals surface area contributed by atoms with Crippen molar-refractivity contribution in [1.29, 1.82) is 0 Å². The van der Waals surface area contributed by atoms with Crippen LogP contribution in [0, 0.1) is 0 Å². The summed E-state index contributed by atoms with van der Waals surface area (Å²) in [7, 11) is 0. The predicted octanol–water partition coefficient (Wildman–Crippen LogP) is 15.7. The third kappa shape index (κ3) is 4.99. The maximum Gasteiger partial charge on any atom is 0.143 e. The lowest BCUT2D eigenvalue weighted by Gasteiger charge is -2.27. The molecule has 0 saturated carbocycles. The molecule has 0 radical (unpaired) electrons. The van der Waals surface area contributed by atoms with Crippen LogP contribution in [0.25, 0.3) is 98.4 Å². The summed E-state index contributed by atoms with van der Waals surface area (Å²) < 4.78 is 13.1. The first-order chi connectivity index (χ1) is 28.2. The lowest BCUT2D eigenvalue weighted by atomic mass is 9.93. The number of rotatable bonds is 5. The van der Waals surface area contributed by atoms with Gasteiger partial charge in [-0.15, -0.1) is 0 Å². The monoisotopic (exact) mass is 727 g/mol. The topological polar surface area (TPSA) is 29.5 Å². The van der Waals surface area contributed by atoms with Crippen molar-refractivity contribution in [3.05, 3.63) is 200 Å². The van der Waals surface area contributed by atoms with Crippen molar-refractivity contribution in [2.24, 2.45) is 0 Å². The second-order valence-electron chi connectivity index (χ2n) is 14.9. The molecule has 10 aromatic carbocycles. The van der Waals surface area contributed by atoms with Crippen LogP contribution < -0.4 is 4.90 Å². The van der Waals surface area contributed by atoms with E-state index in [0.717, 1.165) is 94.0 Å². The summed E-state index contributed by atoms with van der Waals surface area (Å²) in [6, 6.07) is 71.6. The molecular formula is C54H33NO2. The number of hydrogen-bond acceptors (Lipinski definition) is 3. The molecule has 0 spiro atoms. The van der Waals surface area contributed by atoms with Gasteiger partial charge in [0.2, 0.25) is 0 Å². The fourth-order valence-corrected chi connectivity index (χ4v) is 8.96. The fraction of sp³-hybridized carbons (Fsp3) is 0. The zero-order chi connectivity index (χ0) is 37.5. The second kappa shape index (κ2) is 12.5. The minimum atomic E-state index is 0.854. The molecule has 0 aliphatic heterocycles. The Morgan fingerprint density at radius 1 is 0.316 bits per heavy atom. The van der Waals surface area contributed by atoms with E-state index < -0.39 is 0 Å². The summed E-state index contributed by atoms with van der Waals surface area (Å²) in [5.41, 5.74) is 11.4. The van der Waals surface area contributed by atoms with Crippen molar-refractivity contribution in [2.75, 3.05) is 4.90 Å². The van der Waals surface area contributed by atoms with Gasteiger partial charge in [0.1, 0.15) is 22.3 Å². The van der Waals surface area contributed by atoms with Crippen LogP contribution in [0.5, 0.6) is 0 Å².